The van der Waals surface area contributed by atoms with E-state index in [4.69, 9.17) is 4.74 Å². The van der Waals surface area contributed by atoms with Crippen molar-refractivity contribution in [3.8, 4) is 5.75 Å². The van der Waals surface area contributed by atoms with Crippen LogP contribution in [0.25, 0.3) is 0 Å². The minimum absolute atomic E-state index is 0.275. The SMILES string of the molecule is CC[C@H](Oc1cccc(C)c1C)C(=O)Nc1ccccc1C(F)(F)F. The lowest BCUT2D eigenvalue weighted by Gasteiger charge is -2.20. The molecule has 0 saturated carbocycles. The molecule has 0 unspecified atom stereocenters. The molecule has 25 heavy (non-hydrogen) atoms. The molecule has 2 aromatic carbocycles. The minimum atomic E-state index is -4.54. The number of rotatable bonds is 5. The average Bonchev–Trinajstić information content (AvgIpc) is 2.55. The largest absolute Gasteiger partial charge is 0.480 e. The maximum absolute atomic E-state index is 13.0. The summed E-state index contributed by atoms with van der Waals surface area (Å²) in [5.74, 6) is -0.0637. The van der Waals surface area contributed by atoms with Gasteiger partial charge in [0.1, 0.15) is 5.75 Å². The molecule has 2 rings (SSSR count). The second-order valence-corrected chi connectivity index (χ2v) is 5.75. The predicted octanol–water partition coefficient (Wildman–Crippen LogP) is 5.12. The number of alkyl halides is 3. The van der Waals surface area contributed by atoms with Crippen molar-refractivity contribution < 1.29 is 22.7 Å². The molecule has 0 aromatic heterocycles. The topological polar surface area (TPSA) is 38.3 Å². The van der Waals surface area contributed by atoms with Crippen LogP contribution in [0.4, 0.5) is 18.9 Å². The van der Waals surface area contributed by atoms with Crippen LogP contribution in [0.3, 0.4) is 0 Å². The van der Waals surface area contributed by atoms with Crippen molar-refractivity contribution >= 4 is 11.6 Å². The maximum Gasteiger partial charge on any atom is 0.418 e. The third kappa shape index (κ3) is 4.53. The van der Waals surface area contributed by atoms with Crippen LogP contribution in [0, 0.1) is 13.8 Å². The number of carbonyl (C=O) groups excluding carboxylic acids is 1. The highest BCUT2D eigenvalue weighted by Gasteiger charge is 2.34. The molecule has 134 valence electrons. The van der Waals surface area contributed by atoms with Gasteiger partial charge in [-0.25, -0.2) is 0 Å². The molecular weight excluding hydrogens is 331 g/mol. The number of benzene rings is 2. The second kappa shape index (κ2) is 7.59. The summed E-state index contributed by atoms with van der Waals surface area (Å²) in [5, 5.41) is 2.34. The van der Waals surface area contributed by atoms with Crippen LogP contribution in [0.15, 0.2) is 42.5 Å². The molecule has 0 spiro atoms. The highest BCUT2D eigenvalue weighted by atomic mass is 19.4. The molecule has 0 bridgehead atoms. The lowest BCUT2D eigenvalue weighted by molar-refractivity contribution is -0.137. The van der Waals surface area contributed by atoms with Crippen LogP contribution in [0.5, 0.6) is 5.75 Å². The zero-order chi connectivity index (χ0) is 18.6. The standard InChI is InChI=1S/C19H20F3NO2/c1-4-16(25-17-11-7-8-12(2)13(17)3)18(24)23-15-10-6-5-9-14(15)19(20,21)22/h5-11,16H,4H2,1-3H3,(H,23,24)/t16-/m0/s1. The van der Waals surface area contributed by atoms with Crippen molar-refractivity contribution in [3.05, 3.63) is 59.2 Å². The monoisotopic (exact) mass is 351 g/mol. The summed E-state index contributed by atoms with van der Waals surface area (Å²) in [6.07, 6.45) is -5.10. The summed E-state index contributed by atoms with van der Waals surface area (Å²) in [6, 6.07) is 10.3. The fourth-order valence-corrected chi connectivity index (χ4v) is 2.38. The van der Waals surface area contributed by atoms with Crippen molar-refractivity contribution in [1.29, 1.82) is 0 Å². The summed E-state index contributed by atoms with van der Waals surface area (Å²) in [4.78, 5) is 12.4. The van der Waals surface area contributed by atoms with E-state index in [0.717, 1.165) is 17.2 Å². The molecule has 0 aliphatic heterocycles. The lowest BCUT2D eigenvalue weighted by atomic mass is 10.1. The summed E-state index contributed by atoms with van der Waals surface area (Å²) in [5.41, 5.74) is 0.743. The van der Waals surface area contributed by atoms with E-state index in [0.29, 0.717) is 12.2 Å². The Bertz CT molecular complexity index is 757. The number of anilines is 1. The van der Waals surface area contributed by atoms with E-state index in [1.807, 2.05) is 19.9 Å². The normalized spacial score (nSPS) is 12.6. The molecule has 0 aliphatic carbocycles. The van der Waals surface area contributed by atoms with Gasteiger partial charge in [-0.3, -0.25) is 4.79 Å². The van der Waals surface area contributed by atoms with Crippen LogP contribution in [-0.4, -0.2) is 12.0 Å². The predicted molar refractivity (Wildman–Crippen MR) is 90.7 cm³/mol. The van der Waals surface area contributed by atoms with Crippen LogP contribution >= 0.6 is 0 Å². The average molecular weight is 351 g/mol. The van der Waals surface area contributed by atoms with E-state index >= 15 is 0 Å². The molecule has 0 aliphatic rings. The summed E-state index contributed by atoms with van der Waals surface area (Å²) < 4.78 is 44.9. The van der Waals surface area contributed by atoms with Gasteiger partial charge in [-0.2, -0.15) is 13.2 Å². The highest BCUT2D eigenvalue weighted by molar-refractivity contribution is 5.95. The molecule has 2 aromatic rings. The summed E-state index contributed by atoms with van der Waals surface area (Å²) in [6.45, 7) is 5.53. The Morgan fingerprint density at radius 3 is 2.44 bits per heavy atom. The molecule has 0 radical (unpaired) electrons. The molecule has 0 heterocycles. The van der Waals surface area contributed by atoms with Gasteiger partial charge < -0.3 is 10.1 Å². The van der Waals surface area contributed by atoms with E-state index in [-0.39, 0.29) is 5.69 Å². The fourth-order valence-electron chi connectivity index (χ4n) is 2.38. The molecule has 0 saturated heterocycles. The molecular formula is C19H20F3NO2. The van der Waals surface area contributed by atoms with Crippen LogP contribution in [0.1, 0.15) is 30.0 Å². The number of halogens is 3. The fraction of sp³-hybridized carbons (Fsp3) is 0.316. The zero-order valence-corrected chi connectivity index (χ0v) is 14.3. The highest BCUT2D eigenvalue weighted by Crippen LogP contribution is 2.34. The Labute approximate surface area is 144 Å². The van der Waals surface area contributed by atoms with Gasteiger partial charge in [0.05, 0.1) is 11.3 Å². The molecule has 1 amide bonds. The van der Waals surface area contributed by atoms with Gasteiger partial charge >= 0.3 is 6.18 Å². The number of amides is 1. The summed E-state index contributed by atoms with van der Waals surface area (Å²) >= 11 is 0. The molecule has 6 heteroatoms. The Balaban J connectivity index is 2.20. The van der Waals surface area contributed by atoms with Crippen molar-refractivity contribution in [2.75, 3.05) is 5.32 Å². The van der Waals surface area contributed by atoms with Crippen molar-refractivity contribution in [2.24, 2.45) is 0 Å². The van der Waals surface area contributed by atoms with Gasteiger partial charge in [0.25, 0.3) is 5.91 Å². The van der Waals surface area contributed by atoms with Crippen molar-refractivity contribution in [1.82, 2.24) is 0 Å². The Morgan fingerprint density at radius 2 is 1.80 bits per heavy atom. The Hall–Kier alpha value is -2.50. The quantitative estimate of drug-likeness (QED) is 0.812. The van der Waals surface area contributed by atoms with Gasteiger partial charge in [-0.15, -0.1) is 0 Å². The number of ether oxygens (including phenoxy) is 1. The smallest absolute Gasteiger partial charge is 0.418 e. The van der Waals surface area contributed by atoms with Crippen molar-refractivity contribution in [2.45, 2.75) is 39.5 Å². The van der Waals surface area contributed by atoms with E-state index in [2.05, 4.69) is 5.32 Å². The van der Waals surface area contributed by atoms with Gasteiger partial charge in [0.2, 0.25) is 0 Å². The van der Waals surface area contributed by atoms with Gasteiger partial charge in [0, 0.05) is 0 Å². The molecule has 0 fully saturated rings. The molecule has 3 nitrogen and oxygen atoms in total. The Morgan fingerprint density at radius 1 is 1.12 bits per heavy atom. The maximum atomic E-state index is 13.0. The first-order valence-corrected chi connectivity index (χ1v) is 7.94. The number of carbonyl (C=O) groups is 1. The van der Waals surface area contributed by atoms with E-state index in [1.165, 1.54) is 18.2 Å². The Kier molecular flexibility index (Phi) is 5.72. The number of nitrogens with one attached hydrogen (secondary N) is 1. The number of hydrogen-bond donors (Lipinski definition) is 1. The van der Waals surface area contributed by atoms with Gasteiger partial charge in [-0.1, -0.05) is 31.2 Å². The van der Waals surface area contributed by atoms with Crippen LogP contribution in [-0.2, 0) is 11.0 Å². The third-order valence-electron chi connectivity index (χ3n) is 3.98. The zero-order valence-electron chi connectivity index (χ0n) is 14.3. The minimum Gasteiger partial charge on any atom is -0.480 e. The lowest BCUT2D eigenvalue weighted by Crippen LogP contribution is -2.33. The first-order valence-electron chi connectivity index (χ1n) is 7.94. The number of para-hydroxylation sites is 1. The molecule has 1 atom stereocenters. The van der Waals surface area contributed by atoms with E-state index < -0.39 is 23.8 Å². The first-order chi connectivity index (χ1) is 11.7. The van der Waals surface area contributed by atoms with E-state index in [1.54, 1.807) is 19.1 Å². The molecule has 1 N–H and O–H groups in total. The van der Waals surface area contributed by atoms with Crippen LogP contribution in [0.2, 0.25) is 0 Å². The van der Waals surface area contributed by atoms with E-state index in [9.17, 15) is 18.0 Å². The number of hydrogen-bond acceptors (Lipinski definition) is 2. The number of aryl methyl sites for hydroxylation is 1. The van der Waals surface area contributed by atoms with Gasteiger partial charge in [0.15, 0.2) is 6.10 Å². The van der Waals surface area contributed by atoms with Gasteiger partial charge in [-0.05, 0) is 49.6 Å². The third-order valence-corrected chi connectivity index (χ3v) is 3.98. The van der Waals surface area contributed by atoms with Crippen molar-refractivity contribution in [3.63, 3.8) is 0 Å². The first kappa shape index (κ1) is 18.8. The summed E-state index contributed by atoms with van der Waals surface area (Å²) in [7, 11) is 0. The second-order valence-electron chi connectivity index (χ2n) is 5.75. The van der Waals surface area contributed by atoms with Crippen LogP contribution < -0.4 is 10.1 Å².